The van der Waals surface area contributed by atoms with E-state index in [1.54, 1.807) is 24.2 Å². The van der Waals surface area contributed by atoms with Gasteiger partial charge in [0, 0.05) is 12.4 Å². The Morgan fingerprint density at radius 2 is 2.25 bits per heavy atom. The van der Waals surface area contributed by atoms with E-state index in [4.69, 9.17) is 5.11 Å². The minimum atomic E-state index is -1.03. The number of amides is 2. The van der Waals surface area contributed by atoms with Crippen LogP contribution in [-0.2, 0) is 4.79 Å². The number of nitrogens with zero attached hydrogens (tertiary/aromatic N) is 1. The quantitative estimate of drug-likeness (QED) is 0.580. The van der Waals surface area contributed by atoms with Crippen molar-refractivity contribution in [2.45, 2.75) is 31.8 Å². The van der Waals surface area contributed by atoms with Gasteiger partial charge in [0.2, 0.25) is 0 Å². The number of aliphatic carboxylic acids is 1. The molecule has 1 heterocycles. The number of carbonyl (C=O) groups is 2. The second-order valence-corrected chi connectivity index (χ2v) is 5.21. The maximum Gasteiger partial charge on any atom is 0.326 e. The van der Waals surface area contributed by atoms with Crippen LogP contribution in [0.5, 0.6) is 0 Å². The number of H-pyrrole nitrogens is 1. The minimum absolute atomic E-state index is 0.264. The summed E-state index contributed by atoms with van der Waals surface area (Å²) in [6.07, 6.45) is 6.22. The summed E-state index contributed by atoms with van der Waals surface area (Å²) < 4.78 is 0. The first-order chi connectivity index (χ1) is 9.58. The van der Waals surface area contributed by atoms with Crippen LogP contribution in [0.4, 0.5) is 4.79 Å². The standard InChI is InChI=1S/C12H20N4O3S/c1-3-8(10-13-5-6-14-10)15-12(19)16-9(11(17)18)4-7-20-2/h5-6,8-9H,3-4,7H2,1-2H3,(H,13,14)(H,17,18)(H2,15,16,19). The fourth-order valence-corrected chi connectivity index (χ4v) is 2.15. The average molecular weight is 300 g/mol. The summed E-state index contributed by atoms with van der Waals surface area (Å²) in [4.78, 5) is 29.9. The van der Waals surface area contributed by atoms with Crippen molar-refractivity contribution >= 4 is 23.8 Å². The number of hydrogen-bond donors (Lipinski definition) is 4. The Morgan fingerprint density at radius 3 is 2.75 bits per heavy atom. The number of aromatic nitrogens is 2. The highest BCUT2D eigenvalue weighted by Gasteiger charge is 2.21. The first-order valence-corrected chi connectivity index (χ1v) is 7.75. The predicted octanol–water partition coefficient (Wildman–Crippen LogP) is 1.37. The maximum absolute atomic E-state index is 11.9. The van der Waals surface area contributed by atoms with Gasteiger partial charge >= 0.3 is 12.0 Å². The second-order valence-electron chi connectivity index (χ2n) is 4.23. The molecule has 0 fully saturated rings. The Bertz CT molecular complexity index is 424. The second kappa shape index (κ2) is 8.47. The monoisotopic (exact) mass is 300 g/mol. The van der Waals surface area contributed by atoms with E-state index in [2.05, 4.69) is 20.6 Å². The molecule has 7 nitrogen and oxygen atoms in total. The van der Waals surface area contributed by atoms with Gasteiger partial charge in [-0.1, -0.05) is 6.92 Å². The minimum Gasteiger partial charge on any atom is -0.480 e. The predicted molar refractivity (Wildman–Crippen MR) is 77.7 cm³/mol. The molecule has 0 bridgehead atoms. The summed E-state index contributed by atoms with van der Waals surface area (Å²) >= 11 is 1.54. The van der Waals surface area contributed by atoms with Gasteiger partial charge in [0.1, 0.15) is 11.9 Å². The highest BCUT2D eigenvalue weighted by atomic mass is 32.2. The molecule has 20 heavy (non-hydrogen) atoms. The molecule has 0 radical (unpaired) electrons. The Hall–Kier alpha value is -1.70. The normalized spacial score (nSPS) is 13.5. The zero-order valence-electron chi connectivity index (χ0n) is 11.5. The number of carboxylic acids is 1. The number of nitrogens with one attached hydrogen (secondary N) is 3. The molecule has 2 amide bonds. The Kier molecular flexibility index (Phi) is 6.92. The summed E-state index contributed by atoms with van der Waals surface area (Å²) in [7, 11) is 0. The van der Waals surface area contributed by atoms with Gasteiger partial charge in [-0.25, -0.2) is 14.6 Å². The first-order valence-electron chi connectivity index (χ1n) is 6.36. The third-order valence-corrected chi connectivity index (χ3v) is 3.42. The zero-order chi connectivity index (χ0) is 15.0. The SMILES string of the molecule is CCC(NC(=O)NC(CCSC)C(=O)O)c1ncc[nH]1. The van der Waals surface area contributed by atoms with Crippen LogP contribution in [0.2, 0.25) is 0 Å². The van der Waals surface area contributed by atoms with Crippen LogP contribution in [0, 0.1) is 0 Å². The van der Waals surface area contributed by atoms with E-state index < -0.39 is 18.0 Å². The fourth-order valence-electron chi connectivity index (χ4n) is 1.68. The summed E-state index contributed by atoms with van der Waals surface area (Å²) in [6.45, 7) is 1.91. The number of urea groups is 1. The molecule has 0 aliphatic heterocycles. The van der Waals surface area contributed by atoms with Crippen molar-refractivity contribution in [3.8, 4) is 0 Å². The van der Waals surface area contributed by atoms with Crippen molar-refractivity contribution in [3.63, 3.8) is 0 Å². The molecular weight excluding hydrogens is 280 g/mol. The summed E-state index contributed by atoms with van der Waals surface area (Å²) in [6, 6.07) is -1.64. The molecule has 0 aliphatic carbocycles. The average Bonchev–Trinajstić information content (AvgIpc) is 2.94. The van der Waals surface area contributed by atoms with Crippen LogP contribution >= 0.6 is 11.8 Å². The molecule has 8 heteroatoms. The molecule has 0 saturated carbocycles. The highest BCUT2D eigenvalue weighted by molar-refractivity contribution is 7.98. The zero-order valence-corrected chi connectivity index (χ0v) is 12.4. The van der Waals surface area contributed by atoms with Gasteiger partial charge in [-0.15, -0.1) is 0 Å². The molecular formula is C12H20N4O3S. The number of hydrogen-bond acceptors (Lipinski definition) is 4. The van der Waals surface area contributed by atoms with Gasteiger partial charge in [-0.05, 0) is 24.9 Å². The molecule has 1 aromatic heterocycles. The Balaban J connectivity index is 2.53. The topological polar surface area (TPSA) is 107 Å². The number of imidazole rings is 1. The maximum atomic E-state index is 11.9. The molecule has 1 rings (SSSR count). The molecule has 4 N–H and O–H groups in total. The lowest BCUT2D eigenvalue weighted by atomic mass is 10.2. The van der Waals surface area contributed by atoms with Crippen LogP contribution in [0.25, 0.3) is 0 Å². The number of carboxylic acid groups (broad SMARTS) is 1. The fraction of sp³-hybridized carbons (Fsp3) is 0.583. The van der Waals surface area contributed by atoms with E-state index in [-0.39, 0.29) is 6.04 Å². The van der Waals surface area contributed by atoms with Crippen molar-refractivity contribution in [1.29, 1.82) is 0 Å². The van der Waals surface area contributed by atoms with Gasteiger partial charge in [0.15, 0.2) is 0 Å². The van der Waals surface area contributed by atoms with E-state index in [1.165, 1.54) is 0 Å². The molecule has 2 unspecified atom stereocenters. The summed E-state index contributed by atoms with van der Waals surface area (Å²) in [5.74, 6) is 0.297. The van der Waals surface area contributed by atoms with E-state index >= 15 is 0 Å². The first kappa shape index (κ1) is 16.4. The van der Waals surface area contributed by atoms with Gasteiger partial charge in [-0.2, -0.15) is 11.8 Å². The molecule has 0 saturated heterocycles. The van der Waals surface area contributed by atoms with Gasteiger partial charge in [0.05, 0.1) is 6.04 Å². The lowest BCUT2D eigenvalue weighted by molar-refractivity contribution is -0.139. The molecule has 0 aliphatic rings. The molecule has 0 spiro atoms. The lowest BCUT2D eigenvalue weighted by Gasteiger charge is -2.18. The van der Waals surface area contributed by atoms with Crippen LogP contribution in [0.15, 0.2) is 12.4 Å². The van der Waals surface area contributed by atoms with Gasteiger partial charge in [0.25, 0.3) is 0 Å². The van der Waals surface area contributed by atoms with Gasteiger partial charge < -0.3 is 20.7 Å². The van der Waals surface area contributed by atoms with Crippen molar-refractivity contribution in [1.82, 2.24) is 20.6 Å². The Morgan fingerprint density at radius 1 is 1.50 bits per heavy atom. The van der Waals surface area contributed by atoms with Crippen LogP contribution in [0.3, 0.4) is 0 Å². The van der Waals surface area contributed by atoms with E-state index in [0.29, 0.717) is 24.4 Å². The Labute approximate surface area is 121 Å². The molecule has 112 valence electrons. The highest BCUT2D eigenvalue weighted by Crippen LogP contribution is 2.11. The smallest absolute Gasteiger partial charge is 0.326 e. The van der Waals surface area contributed by atoms with Crippen molar-refractivity contribution in [2.75, 3.05) is 12.0 Å². The molecule has 2 atom stereocenters. The van der Waals surface area contributed by atoms with Crippen molar-refractivity contribution < 1.29 is 14.7 Å². The largest absolute Gasteiger partial charge is 0.480 e. The third-order valence-electron chi connectivity index (χ3n) is 2.78. The number of aromatic amines is 1. The van der Waals surface area contributed by atoms with Crippen molar-refractivity contribution in [3.05, 3.63) is 18.2 Å². The summed E-state index contributed by atoms with van der Waals surface area (Å²) in [5.41, 5.74) is 0. The summed E-state index contributed by atoms with van der Waals surface area (Å²) in [5, 5.41) is 14.2. The van der Waals surface area contributed by atoms with Gasteiger partial charge in [-0.3, -0.25) is 0 Å². The number of rotatable bonds is 8. The van der Waals surface area contributed by atoms with Crippen LogP contribution in [-0.4, -0.2) is 45.1 Å². The third kappa shape index (κ3) is 5.12. The van der Waals surface area contributed by atoms with Crippen LogP contribution in [0.1, 0.15) is 31.6 Å². The molecule has 1 aromatic rings. The molecule has 0 aromatic carbocycles. The van der Waals surface area contributed by atoms with E-state index in [1.807, 2.05) is 13.2 Å². The van der Waals surface area contributed by atoms with Crippen molar-refractivity contribution in [2.24, 2.45) is 0 Å². The number of carbonyl (C=O) groups excluding carboxylic acids is 1. The van der Waals surface area contributed by atoms with Crippen LogP contribution < -0.4 is 10.6 Å². The number of thioether (sulfide) groups is 1. The van der Waals surface area contributed by atoms with E-state index in [0.717, 1.165) is 0 Å². The lowest BCUT2D eigenvalue weighted by Crippen LogP contribution is -2.47. The van der Waals surface area contributed by atoms with E-state index in [9.17, 15) is 9.59 Å².